The van der Waals surface area contributed by atoms with E-state index in [9.17, 15) is 14.7 Å². The number of aliphatic carboxylic acids is 1. The molecule has 2 aromatic rings. The summed E-state index contributed by atoms with van der Waals surface area (Å²) in [6.07, 6.45) is 5.60. The highest BCUT2D eigenvalue weighted by Gasteiger charge is 2.25. The lowest BCUT2D eigenvalue weighted by molar-refractivity contribution is -0.135. The molecule has 0 atom stereocenters. The molecule has 9 heteroatoms. The number of halogens is 1. The van der Waals surface area contributed by atoms with Gasteiger partial charge < -0.3 is 15.5 Å². The Balaban J connectivity index is 0.00000192. The first-order valence-corrected chi connectivity index (χ1v) is 7.13. The number of nitrogens with zero attached hydrogens (tertiary/aromatic N) is 3. The zero-order valence-electron chi connectivity index (χ0n) is 12.2. The number of fused-ring (bicyclic) bond motifs is 1. The van der Waals surface area contributed by atoms with E-state index < -0.39 is 18.4 Å². The van der Waals surface area contributed by atoms with Crippen molar-refractivity contribution in [2.24, 2.45) is 0 Å². The van der Waals surface area contributed by atoms with Gasteiger partial charge in [-0.15, -0.1) is 12.4 Å². The Morgan fingerprint density at radius 3 is 2.70 bits per heavy atom. The van der Waals surface area contributed by atoms with E-state index >= 15 is 0 Å². The summed E-state index contributed by atoms with van der Waals surface area (Å²) in [5.41, 5.74) is 1.02. The molecule has 3 rings (SSSR count). The van der Waals surface area contributed by atoms with Crippen molar-refractivity contribution in [3.05, 3.63) is 23.7 Å². The molecule has 1 saturated carbocycles. The van der Waals surface area contributed by atoms with Gasteiger partial charge in [-0.1, -0.05) is 12.8 Å². The molecule has 1 amide bonds. The Morgan fingerprint density at radius 1 is 1.35 bits per heavy atom. The summed E-state index contributed by atoms with van der Waals surface area (Å²) in [7, 11) is 0. The van der Waals surface area contributed by atoms with Gasteiger partial charge in [-0.05, 0) is 12.8 Å². The van der Waals surface area contributed by atoms with Crippen LogP contribution < -0.4 is 5.32 Å². The van der Waals surface area contributed by atoms with Crippen molar-refractivity contribution in [1.29, 1.82) is 0 Å². The molecule has 0 unspecified atom stereocenters. The third kappa shape index (κ3) is 3.21. The monoisotopic (exact) mass is 340 g/mol. The lowest BCUT2D eigenvalue weighted by atomic mass is 10.0. The first kappa shape index (κ1) is 17.0. The molecule has 0 radical (unpaired) electrons. The number of hydrogen-bond acceptors (Lipinski definition) is 5. The van der Waals surface area contributed by atoms with E-state index in [1.165, 1.54) is 12.4 Å². The number of pyridine rings is 1. The summed E-state index contributed by atoms with van der Waals surface area (Å²) in [6, 6.07) is 1.54. The Hall–Kier alpha value is -2.35. The van der Waals surface area contributed by atoms with Crippen molar-refractivity contribution in [3.8, 4) is 5.75 Å². The van der Waals surface area contributed by atoms with E-state index in [1.807, 2.05) is 0 Å². The summed E-state index contributed by atoms with van der Waals surface area (Å²) >= 11 is 0. The molecule has 1 aliphatic rings. The smallest absolute Gasteiger partial charge is 0.322 e. The summed E-state index contributed by atoms with van der Waals surface area (Å²) in [6.45, 7) is -0.525. The molecule has 1 fully saturated rings. The van der Waals surface area contributed by atoms with Crippen LogP contribution in [0.1, 0.15) is 47.7 Å². The highest BCUT2D eigenvalue weighted by atomic mass is 35.5. The Labute approximate surface area is 137 Å². The molecular formula is C14H17ClN4O4. The van der Waals surface area contributed by atoms with Crippen molar-refractivity contribution in [2.75, 3.05) is 6.54 Å². The van der Waals surface area contributed by atoms with Crippen molar-refractivity contribution >= 4 is 29.9 Å². The van der Waals surface area contributed by atoms with Crippen molar-refractivity contribution in [3.63, 3.8) is 0 Å². The van der Waals surface area contributed by atoms with Crippen LogP contribution in [0.3, 0.4) is 0 Å². The molecule has 2 aromatic heterocycles. The first-order chi connectivity index (χ1) is 10.6. The van der Waals surface area contributed by atoms with Gasteiger partial charge in [0.25, 0.3) is 5.91 Å². The summed E-state index contributed by atoms with van der Waals surface area (Å²) in [5.74, 6) is -1.76. The quantitative estimate of drug-likeness (QED) is 0.773. The zero-order valence-corrected chi connectivity index (χ0v) is 13.0. The van der Waals surface area contributed by atoms with Crippen LogP contribution in [-0.4, -0.2) is 43.2 Å². The fourth-order valence-electron chi connectivity index (χ4n) is 2.96. The van der Waals surface area contributed by atoms with Crippen molar-refractivity contribution in [1.82, 2.24) is 19.9 Å². The number of carboxylic acid groups (broad SMARTS) is 1. The Bertz CT molecular complexity index is 740. The van der Waals surface area contributed by atoms with E-state index in [2.05, 4.69) is 15.4 Å². The molecule has 0 aromatic carbocycles. The van der Waals surface area contributed by atoms with Crippen LogP contribution in [0.4, 0.5) is 0 Å². The normalized spacial score (nSPS) is 14.6. The van der Waals surface area contributed by atoms with Crippen LogP contribution in [0.2, 0.25) is 0 Å². The summed E-state index contributed by atoms with van der Waals surface area (Å²) in [5, 5.41) is 25.2. The fourth-order valence-corrected chi connectivity index (χ4v) is 2.96. The molecule has 1 aliphatic carbocycles. The number of carbonyl (C=O) groups excluding carboxylic acids is 1. The molecule has 2 heterocycles. The van der Waals surface area contributed by atoms with E-state index in [4.69, 9.17) is 5.11 Å². The van der Waals surface area contributed by atoms with Crippen LogP contribution in [0, 0.1) is 0 Å². The Morgan fingerprint density at radius 2 is 2.04 bits per heavy atom. The van der Waals surface area contributed by atoms with Crippen LogP contribution in [0.5, 0.6) is 5.75 Å². The maximum Gasteiger partial charge on any atom is 0.322 e. The van der Waals surface area contributed by atoms with Gasteiger partial charge in [0.05, 0.1) is 5.69 Å². The van der Waals surface area contributed by atoms with Gasteiger partial charge in [-0.2, -0.15) is 5.10 Å². The number of nitrogens with one attached hydrogen (secondary N) is 1. The molecule has 0 spiro atoms. The number of amides is 1. The van der Waals surface area contributed by atoms with Crippen LogP contribution in [0.15, 0.2) is 12.4 Å². The van der Waals surface area contributed by atoms with Crippen molar-refractivity contribution < 1.29 is 19.8 Å². The van der Waals surface area contributed by atoms with Gasteiger partial charge in [0, 0.05) is 12.0 Å². The van der Waals surface area contributed by atoms with Gasteiger partial charge in [-0.25, -0.2) is 9.50 Å². The lowest BCUT2D eigenvalue weighted by Gasteiger charge is -2.14. The fraction of sp³-hybridized carbons (Fsp3) is 0.429. The summed E-state index contributed by atoms with van der Waals surface area (Å²) < 4.78 is 1.56. The second kappa shape index (κ2) is 6.82. The second-order valence-corrected chi connectivity index (χ2v) is 5.38. The van der Waals surface area contributed by atoms with E-state index in [1.54, 1.807) is 4.52 Å². The largest absolute Gasteiger partial charge is 0.507 e. The first-order valence-electron chi connectivity index (χ1n) is 7.13. The Kier molecular flexibility index (Phi) is 5.05. The molecule has 23 heavy (non-hydrogen) atoms. The van der Waals surface area contributed by atoms with Gasteiger partial charge in [0.15, 0.2) is 5.65 Å². The average molecular weight is 341 g/mol. The number of carbonyl (C=O) groups is 2. The van der Waals surface area contributed by atoms with Gasteiger partial charge in [0.1, 0.15) is 24.2 Å². The number of hydrogen-bond donors (Lipinski definition) is 3. The highest BCUT2D eigenvalue weighted by Crippen LogP contribution is 2.36. The third-order valence-corrected chi connectivity index (χ3v) is 3.96. The average Bonchev–Trinajstić information content (AvgIpc) is 3.14. The highest BCUT2D eigenvalue weighted by molar-refractivity contribution is 6.03. The molecule has 0 saturated heterocycles. The molecular weight excluding hydrogens is 324 g/mol. The number of aromatic hydroxyl groups is 1. The second-order valence-electron chi connectivity index (χ2n) is 5.38. The van der Waals surface area contributed by atoms with Crippen molar-refractivity contribution in [2.45, 2.75) is 31.6 Å². The molecule has 0 aliphatic heterocycles. The van der Waals surface area contributed by atoms with Crippen LogP contribution in [-0.2, 0) is 4.79 Å². The van der Waals surface area contributed by atoms with Gasteiger partial charge in [0.2, 0.25) is 0 Å². The molecule has 8 nitrogen and oxygen atoms in total. The minimum atomic E-state index is -1.16. The number of aromatic nitrogens is 3. The predicted molar refractivity (Wildman–Crippen MR) is 83.1 cm³/mol. The summed E-state index contributed by atoms with van der Waals surface area (Å²) in [4.78, 5) is 26.7. The minimum Gasteiger partial charge on any atom is -0.507 e. The zero-order chi connectivity index (χ0) is 15.7. The number of rotatable bonds is 4. The van der Waals surface area contributed by atoms with Crippen LogP contribution >= 0.6 is 12.4 Å². The molecule has 0 bridgehead atoms. The number of carboxylic acids is 1. The van der Waals surface area contributed by atoms with E-state index in [0.29, 0.717) is 0 Å². The molecule has 3 N–H and O–H groups in total. The molecule has 124 valence electrons. The maximum absolute atomic E-state index is 12.1. The van der Waals surface area contributed by atoms with Gasteiger partial charge in [-0.3, -0.25) is 9.59 Å². The third-order valence-electron chi connectivity index (χ3n) is 3.96. The SMILES string of the molecule is Cl.O=C(O)CNC(=O)c1c(O)cc(C2CCCC2)n2ncnc12. The van der Waals surface area contributed by atoms with Crippen LogP contribution in [0.25, 0.3) is 5.65 Å². The maximum atomic E-state index is 12.1. The standard InChI is InChI=1S/C14H16N4O4.ClH/c19-10-5-9(8-3-1-2-4-8)18-13(16-7-17-18)12(10)14(22)15-6-11(20)21;/h5,7-8,19H,1-4,6H2,(H,15,22)(H,20,21);1H. The van der Waals surface area contributed by atoms with E-state index in [-0.39, 0.29) is 35.3 Å². The van der Waals surface area contributed by atoms with Gasteiger partial charge >= 0.3 is 5.97 Å². The van der Waals surface area contributed by atoms with E-state index in [0.717, 1.165) is 31.4 Å². The topological polar surface area (TPSA) is 117 Å². The lowest BCUT2D eigenvalue weighted by Crippen LogP contribution is -2.30. The predicted octanol–water partition coefficient (Wildman–Crippen LogP) is 1.33. The minimum absolute atomic E-state index is 0.